The lowest BCUT2D eigenvalue weighted by molar-refractivity contribution is 0.479. The van der Waals surface area contributed by atoms with Crippen molar-refractivity contribution in [3.8, 4) is 28.4 Å². The van der Waals surface area contributed by atoms with Crippen LogP contribution in [-0.4, -0.2) is 16.2 Å². The van der Waals surface area contributed by atoms with E-state index in [2.05, 4.69) is 287 Å². The molecule has 0 saturated heterocycles. The number of para-hydroxylation sites is 1. The second-order valence-electron chi connectivity index (χ2n) is 24.6. The van der Waals surface area contributed by atoms with Gasteiger partial charge in [0.05, 0.1) is 17.7 Å². The third-order valence-electron chi connectivity index (χ3n) is 15.9. The van der Waals surface area contributed by atoms with E-state index in [1.165, 1.54) is 66.7 Å². The summed E-state index contributed by atoms with van der Waals surface area (Å²) >= 11 is 0. The van der Waals surface area contributed by atoms with Crippen molar-refractivity contribution in [3.63, 3.8) is 0 Å². The maximum Gasteiger partial charge on any atom is 0.137 e. The SMILES string of the molecule is CC(C)c1cccc(C(C)C)c1-c1cc(Oc2cc(C(C)(C)c3ccccc3)c3c4ccccc4n(-c4cc(C(C)(C)c5ccccc5)ccn4)c3c2)cc(N2CN(c3cccc(C(C)(C)C)c3)C=C2C(C)(C)C)c1. The van der Waals surface area contributed by atoms with Crippen LogP contribution in [-0.2, 0) is 16.2 Å². The Morgan fingerprint density at radius 1 is 0.493 bits per heavy atom. The normalized spacial score (nSPS) is 13.7. The Labute approximate surface area is 447 Å². The Morgan fingerprint density at radius 3 is 1.73 bits per heavy atom. The number of allylic oxidation sites excluding steroid dienone is 1. The van der Waals surface area contributed by atoms with E-state index in [1.807, 2.05) is 6.20 Å². The van der Waals surface area contributed by atoms with Gasteiger partial charge in [0, 0.05) is 68.6 Å². The predicted molar refractivity (Wildman–Crippen MR) is 318 cm³/mol. The van der Waals surface area contributed by atoms with Crippen molar-refractivity contribution in [3.05, 3.63) is 227 Å². The van der Waals surface area contributed by atoms with Crippen LogP contribution in [0.5, 0.6) is 11.5 Å². The van der Waals surface area contributed by atoms with Crippen LogP contribution in [0.3, 0.4) is 0 Å². The highest BCUT2D eigenvalue weighted by molar-refractivity contribution is 6.12. The molecule has 1 aliphatic rings. The fourth-order valence-electron chi connectivity index (χ4n) is 11.4. The summed E-state index contributed by atoms with van der Waals surface area (Å²) in [5.74, 6) is 3.04. The Morgan fingerprint density at radius 2 is 1.09 bits per heavy atom. The van der Waals surface area contributed by atoms with Crippen molar-refractivity contribution in [1.29, 1.82) is 0 Å². The summed E-state index contributed by atoms with van der Waals surface area (Å²) < 4.78 is 9.89. The first-order valence-corrected chi connectivity index (χ1v) is 27.1. The van der Waals surface area contributed by atoms with E-state index in [0.717, 1.165) is 39.6 Å². The molecule has 0 aliphatic carbocycles. The zero-order chi connectivity index (χ0) is 53.2. The largest absolute Gasteiger partial charge is 0.457 e. The van der Waals surface area contributed by atoms with Gasteiger partial charge in [0.25, 0.3) is 0 Å². The molecule has 75 heavy (non-hydrogen) atoms. The quantitative estimate of drug-likeness (QED) is 0.122. The number of nitrogens with zero attached hydrogens (tertiary/aromatic N) is 4. The molecule has 5 nitrogen and oxygen atoms in total. The van der Waals surface area contributed by atoms with Crippen molar-refractivity contribution in [2.45, 2.75) is 125 Å². The van der Waals surface area contributed by atoms with E-state index in [0.29, 0.717) is 18.5 Å². The second kappa shape index (κ2) is 19.4. The van der Waals surface area contributed by atoms with E-state index >= 15 is 0 Å². The minimum Gasteiger partial charge on any atom is -0.457 e. The molecule has 0 fully saturated rings. The molecular weight excluding hydrogens is 913 g/mol. The zero-order valence-corrected chi connectivity index (χ0v) is 46.9. The van der Waals surface area contributed by atoms with Crippen LogP contribution in [0.4, 0.5) is 11.4 Å². The molecule has 0 spiro atoms. The minimum absolute atomic E-state index is 0.0257. The topological polar surface area (TPSA) is 33.5 Å². The van der Waals surface area contributed by atoms with Crippen molar-refractivity contribution < 1.29 is 4.74 Å². The molecule has 0 radical (unpaired) electrons. The molecule has 0 saturated carbocycles. The van der Waals surface area contributed by atoms with Crippen LogP contribution in [0, 0.1) is 5.41 Å². The molecule has 0 N–H and O–H groups in total. The average molecular weight is 989 g/mol. The lowest BCUT2D eigenvalue weighted by Gasteiger charge is -2.32. The van der Waals surface area contributed by atoms with Gasteiger partial charge in [-0.2, -0.15) is 0 Å². The van der Waals surface area contributed by atoms with Crippen LogP contribution in [0.1, 0.15) is 148 Å². The van der Waals surface area contributed by atoms with Gasteiger partial charge < -0.3 is 14.5 Å². The first-order valence-electron chi connectivity index (χ1n) is 27.1. The fourth-order valence-corrected chi connectivity index (χ4v) is 11.4. The summed E-state index contributed by atoms with van der Waals surface area (Å²) in [4.78, 5) is 10.1. The third-order valence-corrected chi connectivity index (χ3v) is 15.9. The van der Waals surface area contributed by atoms with E-state index in [4.69, 9.17) is 9.72 Å². The Bertz CT molecular complexity index is 3550. The lowest BCUT2D eigenvalue weighted by Crippen LogP contribution is -2.30. The number of rotatable bonds is 12. The third kappa shape index (κ3) is 9.67. The van der Waals surface area contributed by atoms with Gasteiger partial charge in [-0.25, -0.2) is 4.98 Å². The monoisotopic (exact) mass is 989 g/mol. The van der Waals surface area contributed by atoms with Crippen molar-refractivity contribution in [2.75, 3.05) is 16.5 Å². The number of benzene rings is 7. The maximum atomic E-state index is 7.54. The number of fused-ring (bicyclic) bond motifs is 3. The average Bonchev–Trinajstić information content (AvgIpc) is 4.01. The Kier molecular flexibility index (Phi) is 13.2. The van der Waals surface area contributed by atoms with Gasteiger partial charge in [0.1, 0.15) is 17.3 Å². The number of hydrogen-bond acceptors (Lipinski definition) is 4. The van der Waals surface area contributed by atoms with E-state index in [-0.39, 0.29) is 16.2 Å². The second-order valence-corrected chi connectivity index (χ2v) is 24.6. The first-order chi connectivity index (χ1) is 35.6. The molecule has 0 amide bonds. The zero-order valence-electron chi connectivity index (χ0n) is 46.9. The van der Waals surface area contributed by atoms with Crippen molar-refractivity contribution in [2.24, 2.45) is 5.41 Å². The van der Waals surface area contributed by atoms with Crippen LogP contribution < -0.4 is 14.5 Å². The molecule has 5 heteroatoms. The Hall–Kier alpha value is -7.37. The van der Waals surface area contributed by atoms with Gasteiger partial charge in [0.2, 0.25) is 0 Å². The number of pyridine rings is 1. The lowest BCUT2D eigenvalue weighted by atomic mass is 9.76. The molecule has 382 valence electrons. The summed E-state index contributed by atoms with van der Waals surface area (Å²) in [7, 11) is 0. The van der Waals surface area contributed by atoms with Crippen LogP contribution in [0.2, 0.25) is 0 Å². The number of hydrogen-bond donors (Lipinski definition) is 0. The predicted octanol–water partition coefficient (Wildman–Crippen LogP) is 19.0. The highest BCUT2D eigenvalue weighted by atomic mass is 16.5. The molecular formula is C70H76N4O. The summed E-state index contributed by atoms with van der Waals surface area (Å²) in [6, 6.07) is 62.4. The van der Waals surface area contributed by atoms with Crippen LogP contribution in [0.15, 0.2) is 188 Å². The highest BCUT2D eigenvalue weighted by Crippen LogP contribution is 2.48. The number of ether oxygens (including phenoxy) is 1. The van der Waals surface area contributed by atoms with Gasteiger partial charge in [0.15, 0.2) is 0 Å². The van der Waals surface area contributed by atoms with Gasteiger partial charge >= 0.3 is 0 Å². The minimum atomic E-state index is -0.413. The number of aromatic nitrogens is 2. The van der Waals surface area contributed by atoms with Gasteiger partial charge in [-0.3, -0.25) is 4.57 Å². The van der Waals surface area contributed by atoms with E-state index < -0.39 is 5.41 Å². The van der Waals surface area contributed by atoms with E-state index in [9.17, 15) is 0 Å². The molecule has 0 atom stereocenters. The smallest absolute Gasteiger partial charge is 0.137 e. The molecule has 3 heterocycles. The molecule has 7 aromatic carbocycles. The van der Waals surface area contributed by atoms with Crippen molar-refractivity contribution >= 4 is 33.2 Å². The molecule has 0 unspecified atom stereocenters. The standard InChI is InChI=1S/C70H76N4O/c1-46(2)57-32-24-33-58(47(3)4)65(57)48-37-54(73-45-72(44-63(73)68(8,9)10)53-30-23-29-51(39-53)67(5,6)7)41-55(38-48)75-56-42-60(70(13,14)50-27-19-16-20-28-50)66-59-31-21-22-34-61(59)74(62(66)43-56)64-40-52(35-36-71-64)69(11,12)49-25-17-15-18-26-49/h15-44,46-47H,45H2,1-14H3. The van der Waals surface area contributed by atoms with Crippen LogP contribution >= 0.6 is 0 Å². The van der Waals surface area contributed by atoms with Gasteiger partial charge in [-0.05, 0) is 116 Å². The summed E-state index contributed by atoms with van der Waals surface area (Å²) in [6.07, 6.45) is 4.34. The highest BCUT2D eigenvalue weighted by Gasteiger charge is 2.34. The van der Waals surface area contributed by atoms with Gasteiger partial charge in [-0.1, -0.05) is 206 Å². The van der Waals surface area contributed by atoms with E-state index in [1.54, 1.807) is 0 Å². The molecule has 1 aliphatic heterocycles. The molecule has 2 aromatic heterocycles. The summed E-state index contributed by atoms with van der Waals surface area (Å²) in [5.41, 5.74) is 16.2. The van der Waals surface area contributed by atoms with Crippen molar-refractivity contribution in [1.82, 2.24) is 9.55 Å². The van der Waals surface area contributed by atoms with Crippen LogP contribution in [0.25, 0.3) is 38.8 Å². The fraction of sp³-hybridized carbons (Fsp3) is 0.300. The summed E-state index contributed by atoms with van der Waals surface area (Å²) in [6.45, 7) is 33.1. The number of anilines is 2. The maximum absolute atomic E-state index is 7.54. The molecule has 9 aromatic rings. The first kappa shape index (κ1) is 51.1. The molecule has 0 bridgehead atoms. The Balaban J connectivity index is 1.21. The summed E-state index contributed by atoms with van der Waals surface area (Å²) in [5, 5.41) is 2.37. The van der Waals surface area contributed by atoms with Gasteiger partial charge in [-0.15, -0.1) is 0 Å². The molecule has 10 rings (SSSR count).